The van der Waals surface area contributed by atoms with E-state index >= 15 is 0 Å². The Morgan fingerprint density at radius 1 is 1.00 bits per heavy atom. The van der Waals surface area contributed by atoms with Gasteiger partial charge < -0.3 is 14.2 Å². The molecule has 0 unspecified atom stereocenters. The van der Waals surface area contributed by atoms with Crippen LogP contribution in [-0.4, -0.2) is 33.4 Å². The average molecular weight is 377 g/mol. The van der Waals surface area contributed by atoms with Crippen LogP contribution in [0, 0.1) is 6.92 Å². The van der Waals surface area contributed by atoms with Gasteiger partial charge in [-0.1, -0.05) is 43.2 Å². The number of para-hydroxylation sites is 3. The highest BCUT2D eigenvalue weighted by atomic mass is 16.5. The van der Waals surface area contributed by atoms with Crippen molar-refractivity contribution in [3.8, 4) is 5.75 Å². The van der Waals surface area contributed by atoms with E-state index in [4.69, 9.17) is 9.72 Å². The van der Waals surface area contributed by atoms with Crippen molar-refractivity contribution in [2.45, 2.75) is 45.8 Å². The van der Waals surface area contributed by atoms with Crippen LogP contribution in [0.4, 0.5) is 0 Å². The highest BCUT2D eigenvalue weighted by Gasteiger charge is 2.19. The lowest BCUT2D eigenvalue weighted by Gasteiger charge is -2.21. The molecule has 0 aliphatic carbocycles. The van der Waals surface area contributed by atoms with Crippen molar-refractivity contribution >= 4 is 16.9 Å². The Hall–Kier alpha value is -2.82. The average Bonchev–Trinajstić information content (AvgIpc) is 2.87. The molecule has 2 heterocycles. The Morgan fingerprint density at radius 2 is 1.71 bits per heavy atom. The van der Waals surface area contributed by atoms with Crippen LogP contribution in [0.2, 0.25) is 0 Å². The Morgan fingerprint density at radius 3 is 2.50 bits per heavy atom. The van der Waals surface area contributed by atoms with Gasteiger partial charge in [-0.2, -0.15) is 0 Å². The fourth-order valence-corrected chi connectivity index (χ4v) is 3.83. The number of imidazole rings is 1. The lowest BCUT2D eigenvalue weighted by atomic mass is 10.2. The molecule has 5 nitrogen and oxygen atoms in total. The lowest BCUT2D eigenvalue weighted by Crippen LogP contribution is -2.35. The van der Waals surface area contributed by atoms with E-state index in [1.165, 1.54) is 12.8 Å². The molecule has 1 aliphatic rings. The van der Waals surface area contributed by atoms with E-state index in [1.54, 1.807) is 0 Å². The first-order chi connectivity index (χ1) is 13.7. The summed E-state index contributed by atoms with van der Waals surface area (Å²) in [5.41, 5.74) is 2.97. The van der Waals surface area contributed by atoms with Crippen LogP contribution in [0.1, 0.15) is 37.1 Å². The van der Waals surface area contributed by atoms with Crippen molar-refractivity contribution in [3.05, 3.63) is 59.9 Å². The fraction of sp³-hybridized carbons (Fsp3) is 0.391. The summed E-state index contributed by atoms with van der Waals surface area (Å²) in [6, 6.07) is 15.9. The summed E-state index contributed by atoms with van der Waals surface area (Å²) in [6.45, 7) is 4.40. The third kappa shape index (κ3) is 4.03. The van der Waals surface area contributed by atoms with Crippen molar-refractivity contribution in [2.24, 2.45) is 0 Å². The van der Waals surface area contributed by atoms with Crippen LogP contribution in [0.3, 0.4) is 0 Å². The Labute approximate surface area is 165 Å². The smallest absolute Gasteiger partial charge is 0.242 e. The summed E-state index contributed by atoms with van der Waals surface area (Å²) in [6.07, 6.45) is 4.62. The summed E-state index contributed by atoms with van der Waals surface area (Å²) in [5.74, 6) is 1.80. The van der Waals surface area contributed by atoms with E-state index in [2.05, 4.69) is 0 Å². The van der Waals surface area contributed by atoms with Crippen LogP contribution in [0.5, 0.6) is 5.75 Å². The molecule has 4 rings (SSSR count). The maximum Gasteiger partial charge on any atom is 0.242 e. The minimum absolute atomic E-state index is 0.169. The van der Waals surface area contributed by atoms with Gasteiger partial charge in [0.05, 0.1) is 11.0 Å². The van der Waals surface area contributed by atoms with Crippen molar-refractivity contribution < 1.29 is 9.53 Å². The first-order valence-electron chi connectivity index (χ1n) is 10.1. The number of aromatic nitrogens is 2. The summed E-state index contributed by atoms with van der Waals surface area (Å²) in [4.78, 5) is 19.7. The molecule has 1 aliphatic heterocycles. The normalized spacial score (nSPS) is 14.8. The molecule has 1 aromatic heterocycles. The van der Waals surface area contributed by atoms with E-state index in [0.29, 0.717) is 13.2 Å². The first kappa shape index (κ1) is 18.5. The highest BCUT2D eigenvalue weighted by molar-refractivity contribution is 5.81. The van der Waals surface area contributed by atoms with Gasteiger partial charge in [0.2, 0.25) is 5.91 Å². The second-order valence-electron chi connectivity index (χ2n) is 7.45. The molecule has 0 N–H and O–H groups in total. The minimum Gasteiger partial charge on any atom is -0.485 e. The van der Waals surface area contributed by atoms with Crippen LogP contribution in [0.25, 0.3) is 11.0 Å². The molecule has 5 heteroatoms. The molecule has 3 aromatic rings. The Balaban J connectivity index is 1.58. The van der Waals surface area contributed by atoms with Crippen LogP contribution in [-0.2, 0) is 17.9 Å². The van der Waals surface area contributed by atoms with Crippen molar-refractivity contribution in [1.29, 1.82) is 0 Å². The molecule has 28 heavy (non-hydrogen) atoms. The fourth-order valence-electron chi connectivity index (χ4n) is 3.83. The predicted octanol–water partition coefficient (Wildman–Crippen LogP) is 4.33. The largest absolute Gasteiger partial charge is 0.485 e. The summed E-state index contributed by atoms with van der Waals surface area (Å²) < 4.78 is 8.05. The van der Waals surface area contributed by atoms with E-state index in [-0.39, 0.29) is 5.91 Å². The van der Waals surface area contributed by atoms with Gasteiger partial charge in [-0.25, -0.2) is 4.98 Å². The summed E-state index contributed by atoms with van der Waals surface area (Å²) >= 11 is 0. The number of rotatable bonds is 5. The van der Waals surface area contributed by atoms with Gasteiger partial charge in [-0.15, -0.1) is 0 Å². The molecule has 1 saturated heterocycles. The van der Waals surface area contributed by atoms with Crippen LogP contribution < -0.4 is 4.74 Å². The maximum absolute atomic E-state index is 13.0. The molecule has 1 fully saturated rings. The number of aryl methyl sites for hydroxylation is 1. The Bertz CT molecular complexity index is 955. The zero-order chi connectivity index (χ0) is 19.3. The second kappa shape index (κ2) is 8.46. The van der Waals surface area contributed by atoms with Gasteiger partial charge in [0.15, 0.2) is 0 Å². The third-order valence-corrected chi connectivity index (χ3v) is 5.44. The minimum atomic E-state index is 0.169. The maximum atomic E-state index is 13.0. The molecule has 0 saturated carbocycles. The third-order valence-electron chi connectivity index (χ3n) is 5.44. The van der Waals surface area contributed by atoms with E-state index in [0.717, 1.165) is 54.1 Å². The van der Waals surface area contributed by atoms with Crippen LogP contribution in [0.15, 0.2) is 48.5 Å². The standard InChI is InChI=1S/C23H27N3O2/c1-18-10-4-7-13-21(18)28-17-22-24-19-11-5-6-12-20(19)26(22)16-23(27)25-14-8-2-3-9-15-25/h4-7,10-13H,2-3,8-9,14-17H2,1H3. The van der Waals surface area contributed by atoms with E-state index < -0.39 is 0 Å². The number of hydrogen-bond acceptors (Lipinski definition) is 3. The number of carbonyl (C=O) groups is 1. The summed E-state index contributed by atoms with van der Waals surface area (Å²) in [7, 11) is 0. The van der Waals surface area contributed by atoms with Crippen molar-refractivity contribution in [2.75, 3.05) is 13.1 Å². The quantitative estimate of drug-likeness (QED) is 0.665. The lowest BCUT2D eigenvalue weighted by molar-refractivity contribution is -0.131. The van der Waals surface area contributed by atoms with Crippen molar-refractivity contribution in [1.82, 2.24) is 14.5 Å². The van der Waals surface area contributed by atoms with Gasteiger partial charge in [0.25, 0.3) is 0 Å². The number of ether oxygens (including phenoxy) is 1. The first-order valence-corrected chi connectivity index (χ1v) is 10.1. The number of fused-ring (bicyclic) bond motifs is 1. The second-order valence-corrected chi connectivity index (χ2v) is 7.45. The number of likely N-dealkylation sites (tertiary alicyclic amines) is 1. The molecular weight excluding hydrogens is 350 g/mol. The highest BCUT2D eigenvalue weighted by Crippen LogP contribution is 2.21. The van der Waals surface area contributed by atoms with Gasteiger partial charge in [0, 0.05) is 13.1 Å². The van der Waals surface area contributed by atoms with Gasteiger partial charge in [-0.3, -0.25) is 4.79 Å². The number of nitrogens with zero attached hydrogens (tertiary/aromatic N) is 3. The van der Waals surface area contributed by atoms with Crippen LogP contribution >= 0.6 is 0 Å². The van der Waals surface area contributed by atoms with Gasteiger partial charge in [0.1, 0.15) is 24.7 Å². The SMILES string of the molecule is Cc1ccccc1OCc1nc2ccccc2n1CC(=O)N1CCCCCC1. The zero-order valence-electron chi connectivity index (χ0n) is 16.4. The predicted molar refractivity (Wildman–Crippen MR) is 110 cm³/mol. The molecule has 0 radical (unpaired) electrons. The van der Waals surface area contributed by atoms with Crippen molar-refractivity contribution in [3.63, 3.8) is 0 Å². The molecule has 0 atom stereocenters. The number of amides is 1. The molecule has 2 aromatic carbocycles. The molecule has 0 spiro atoms. The Kier molecular flexibility index (Phi) is 5.60. The van der Waals surface area contributed by atoms with Gasteiger partial charge >= 0.3 is 0 Å². The van der Waals surface area contributed by atoms with E-state index in [9.17, 15) is 4.79 Å². The molecular formula is C23H27N3O2. The summed E-state index contributed by atoms with van der Waals surface area (Å²) in [5, 5.41) is 0. The molecule has 1 amide bonds. The number of hydrogen-bond donors (Lipinski definition) is 0. The number of benzene rings is 2. The zero-order valence-corrected chi connectivity index (χ0v) is 16.4. The van der Waals surface area contributed by atoms with E-state index in [1.807, 2.05) is 64.9 Å². The molecule has 146 valence electrons. The monoisotopic (exact) mass is 377 g/mol. The molecule has 0 bridgehead atoms. The topological polar surface area (TPSA) is 47.4 Å². The number of carbonyl (C=O) groups excluding carboxylic acids is 1. The van der Waals surface area contributed by atoms with Gasteiger partial charge in [-0.05, 0) is 43.5 Å².